The van der Waals surface area contributed by atoms with Crippen molar-refractivity contribution >= 4 is 13.8 Å². The van der Waals surface area contributed by atoms with Crippen LogP contribution in [-0.4, -0.2) is 70.7 Å². The molecule has 368 valence electrons. The average molecular weight is 906 g/mol. The van der Waals surface area contributed by atoms with Crippen LogP contribution in [0.4, 0.5) is 0 Å². The van der Waals surface area contributed by atoms with Gasteiger partial charge < -0.3 is 27.9 Å². The summed E-state index contributed by atoms with van der Waals surface area (Å²) in [6, 6.07) is 0. The highest BCUT2D eigenvalue weighted by Crippen LogP contribution is 2.38. The van der Waals surface area contributed by atoms with E-state index in [4.69, 9.17) is 18.5 Å². The first-order valence-electron chi connectivity index (χ1n) is 26.0. The van der Waals surface area contributed by atoms with Gasteiger partial charge in [-0.15, -0.1) is 0 Å². The van der Waals surface area contributed by atoms with Crippen LogP contribution >= 0.6 is 7.82 Å². The van der Waals surface area contributed by atoms with Crippen molar-refractivity contribution in [1.29, 1.82) is 0 Å². The van der Waals surface area contributed by atoms with Gasteiger partial charge in [0.1, 0.15) is 19.3 Å². The van der Waals surface area contributed by atoms with E-state index in [0.29, 0.717) is 24.1 Å². The van der Waals surface area contributed by atoms with Crippen molar-refractivity contribution < 1.29 is 37.3 Å². The number of hydrogen-bond donors (Lipinski definition) is 0. The minimum atomic E-state index is -4.54. The topological polar surface area (TPSA) is 94.1 Å². The molecule has 0 saturated heterocycles. The van der Waals surface area contributed by atoms with Gasteiger partial charge in [-0.3, -0.25) is 9.36 Å². The molecule has 8 nitrogen and oxygen atoms in total. The summed E-state index contributed by atoms with van der Waals surface area (Å²) < 4.78 is 34.7. The highest BCUT2D eigenvalue weighted by atomic mass is 31.2. The summed E-state index contributed by atoms with van der Waals surface area (Å²) in [4.78, 5) is 25.2. The Balaban J connectivity index is 4.12. The van der Waals surface area contributed by atoms with Crippen molar-refractivity contribution in [3.05, 3.63) is 60.8 Å². The number of phosphoric acid groups is 1. The predicted molar refractivity (Wildman–Crippen MR) is 268 cm³/mol. The van der Waals surface area contributed by atoms with Crippen molar-refractivity contribution in [3.8, 4) is 0 Å². The minimum Gasteiger partial charge on any atom is -0.756 e. The van der Waals surface area contributed by atoms with E-state index in [-0.39, 0.29) is 25.8 Å². The lowest BCUT2D eigenvalue weighted by Gasteiger charge is -2.28. The van der Waals surface area contributed by atoms with Gasteiger partial charge in [-0.25, -0.2) is 0 Å². The lowest BCUT2D eigenvalue weighted by Crippen LogP contribution is -2.37. The van der Waals surface area contributed by atoms with Crippen molar-refractivity contribution in [2.75, 3.05) is 54.1 Å². The molecule has 9 heteroatoms. The number of carbonyl (C=O) groups excluding carboxylic acids is 1. The molecule has 2 unspecified atom stereocenters. The van der Waals surface area contributed by atoms with Crippen LogP contribution in [0.15, 0.2) is 60.8 Å². The fourth-order valence-corrected chi connectivity index (χ4v) is 7.79. The number of ether oxygens (including phenoxy) is 2. The van der Waals surface area contributed by atoms with Crippen LogP contribution in [0.2, 0.25) is 0 Å². The first-order chi connectivity index (χ1) is 30.6. The maximum absolute atomic E-state index is 12.8. The number of hydrogen-bond acceptors (Lipinski definition) is 7. The van der Waals surface area contributed by atoms with Crippen LogP contribution in [0.3, 0.4) is 0 Å². The molecule has 0 rings (SSSR count). The SMILES string of the molecule is CC/C=C\C/C=C\C/C=C\C/C=C\CCCCCOCC(COP(=O)([O-])OCC[N+](C)(C)C)OC(=O)CCCCCCCCCCCCCCC/C=C\CCCCCCCCCC. The number of likely N-dealkylation sites (N-methyl/N-ethyl adjacent to an activating group) is 1. The van der Waals surface area contributed by atoms with Crippen molar-refractivity contribution in [1.82, 2.24) is 0 Å². The second-order valence-corrected chi connectivity index (χ2v) is 19.9. The lowest BCUT2D eigenvalue weighted by atomic mass is 10.0. The van der Waals surface area contributed by atoms with Gasteiger partial charge in [0.25, 0.3) is 7.82 Å². The predicted octanol–water partition coefficient (Wildman–Crippen LogP) is 15.4. The number of rotatable bonds is 48. The van der Waals surface area contributed by atoms with Crippen LogP contribution < -0.4 is 4.89 Å². The Morgan fingerprint density at radius 2 is 0.921 bits per heavy atom. The standard InChI is InChI=1S/C54H100NO7P/c1-6-8-10-12-14-16-18-20-22-24-25-26-27-28-29-30-31-32-33-35-37-39-41-43-45-47-54(56)62-53(52-61-63(57,58)60-50-48-55(3,4)5)51-59-49-46-44-42-40-38-36-34-23-21-19-17-15-13-11-9-7-2/h9,11,15,17,21,23-25,36,38,53H,6-8,10,12-14,16,18-20,22,26-35,37,39-52H2,1-5H3/b11-9-,17-15-,23-21-,25-24-,38-36-. The van der Waals surface area contributed by atoms with Crippen molar-refractivity contribution in [2.45, 2.75) is 225 Å². The van der Waals surface area contributed by atoms with Crippen molar-refractivity contribution in [3.63, 3.8) is 0 Å². The normalized spacial score (nSPS) is 14.1. The number of nitrogens with zero attached hydrogens (tertiary/aromatic N) is 1. The van der Waals surface area contributed by atoms with Crippen LogP contribution in [0.5, 0.6) is 0 Å². The summed E-state index contributed by atoms with van der Waals surface area (Å²) in [5.74, 6) is -0.345. The Labute approximate surface area is 390 Å². The molecule has 2 atom stereocenters. The van der Waals surface area contributed by atoms with Gasteiger partial charge in [0, 0.05) is 13.0 Å². The maximum Gasteiger partial charge on any atom is 0.306 e. The molecule has 0 aromatic heterocycles. The second-order valence-electron chi connectivity index (χ2n) is 18.5. The molecule has 0 N–H and O–H groups in total. The Morgan fingerprint density at radius 1 is 0.508 bits per heavy atom. The molecule has 0 radical (unpaired) electrons. The van der Waals surface area contributed by atoms with Gasteiger partial charge in [0.15, 0.2) is 0 Å². The summed E-state index contributed by atoms with van der Waals surface area (Å²) in [6.07, 6.45) is 59.7. The molecule has 0 aliphatic rings. The molecule has 0 heterocycles. The first-order valence-corrected chi connectivity index (χ1v) is 27.5. The quantitative estimate of drug-likeness (QED) is 0.0197. The third-order valence-electron chi connectivity index (χ3n) is 11.1. The second kappa shape index (κ2) is 46.7. The summed E-state index contributed by atoms with van der Waals surface area (Å²) in [7, 11) is 1.33. The Bertz CT molecular complexity index is 1190. The largest absolute Gasteiger partial charge is 0.756 e. The van der Waals surface area contributed by atoms with E-state index in [0.717, 1.165) is 70.6 Å². The van der Waals surface area contributed by atoms with E-state index in [1.54, 1.807) is 0 Å². The van der Waals surface area contributed by atoms with Gasteiger partial charge >= 0.3 is 5.97 Å². The molecule has 0 aliphatic heterocycles. The number of unbranched alkanes of at least 4 members (excludes halogenated alkanes) is 24. The first kappa shape index (κ1) is 61.2. The molecule has 0 saturated carbocycles. The minimum absolute atomic E-state index is 0.0179. The van der Waals surface area contributed by atoms with Crippen molar-refractivity contribution in [2.24, 2.45) is 0 Å². The average Bonchev–Trinajstić information content (AvgIpc) is 3.24. The van der Waals surface area contributed by atoms with Gasteiger partial charge in [-0.2, -0.15) is 0 Å². The summed E-state index contributed by atoms with van der Waals surface area (Å²) >= 11 is 0. The Kier molecular flexibility index (Phi) is 45.4. The molecule has 0 aromatic carbocycles. The van der Waals surface area contributed by atoms with E-state index in [1.165, 1.54) is 128 Å². The Morgan fingerprint density at radius 3 is 1.40 bits per heavy atom. The maximum atomic E-state index is 12.8. The molecule has 0 aliphatic carbocycles. The molecule has 0 fully saturated rings. The highest BCUT2D eigenvalue weighted by molar-refractivity contribution is 7.45. The number of esters is 1. The summed E-state index contributed by atoms with van der Waals surface area (Å²) in [5.41, 5.74) is 0. The van der Waals surface area contributed by atoms with Crippen LogP contribution in [-0.2, 0) is 27.9 Å². The molecular formula is C54H100NO7P. The summed E-state index contributed by atoms with van der Waals surface area (Å²) in [5, 5.41) is 0. The lowest BCUT2D eigenvalue weighted by molar-refractivity contribution is -0.870. The van der Waals surface area contributed by atoms with Crippen LogP contribution in [0.25, 0.3) is 0 Å². The summed E-state index contributed by atoms with van der Waals surface area (Å²) in [6.45, 7) is 5.23. The van der Waals surface area contributed by atoms with E-state index < -0.39 is 13.9 Å². The van der Waals surface area contributed by atoms with Crippen LogP contribution in [0.1, 0.15) is 219 Å². The van der Waals surface area contributed by atoms with E-state index in [9.17, 15) is 14.3 Å². The number of allylic oxidation sites excluding steroid dienone is 10. The number of carbonyl (C=O) groups is 1. The zero-order valence-corrected chi connectivity index (χ0v) is 42.7. The molecule has 0 bridgehead atoms. The van der Waals surface area contributed by atoms with Gasteiger partial charge in [-0.05, 0) is 77.0 Å². The third-order valence-corrected chi connectivity index (χ3v) is 12.0. The zero-order valence-electron chi connectivity index (χ0n) is 41.8. The van der Waals surface area contributed by atoms with E-state index in [2.05, 4.69) is 74.6 Å². The van der Waals surface area contributed by atoms with E-state index >= 15 is 0 Å². The number of phosphoric ester groups is 1. The van der Waals surface area contributed by atoms with Gasteiger partial charge in [-0.1, -0.05) is 197 Å². The fourth-order valence-electron chi connectivity index (χ4n) is 7.06. The fraction of sp³-hybridized carbons (Fsp3) is 0.796. The number of quaternary nitrogens is 1. The monoisotopic (exact) mass is 906 g/mol. The van der Waals surface area contributed by atoms with Gasteiger partial charge in [0.2, 0.25) is 0 Å². The zero-order chi connectivity index (χ0) is 46.2. The Hall–Kier alpha value is -1.80. The smallest absolute Gasteiger partial charge is 0.306 e. The highest BCUT2D eigenvalue weighted by Gasteiger charge is 2.20. The molecule has 0 spiro atoms. The molecule has 0 aromatic rings. The molecular weight excluding hydrogens is 806 g/mol. The molecule has 0 amide bonds. The van der Waals surface area contributed by atoms with Gasteiger partial charge in [0.05, 0.1) is 34.4 Å². The van der Waals surface area contributed by atoms with E-state index in [1.807, 2.05) is 21.1 Å². The molecule has 63 heavy (non-hydrogen) atoms. The third kappa shape index (κ3) is 51.1. The van der Waals surface area contributed by atoms with Crippen LogP contribution in [0, 0.1) is 0 Å².